The molecule has 0 heterocycles. The summed E-state index contributed by atoms with van der Waals surface area (Å²) in [6.07, 6.45) is 0. The molecular weight excluding hydrogens is 456 g/mol. The molecule has 0 amide bonds. The largest absolute Gasteiger partial charge is 0.0616 e. The van der Waals surface area contributed by atoms with Gasteiger partial charge >= 0.3 is 0 Å². The Morgan fingerprint density at radius 1 is 0.184 bits per heavy atom. The Morgan fingerprint density at radius 2 is 0.500 bits per heavy atom. The SMILES string of the molecule is c1cc2cccc3c4cccc5cccc(c(c1)c23)c54.c1ccc2c(c1)ccc1c3ccccc3ccc21. The summed E-state index contributed by atoms with van der Waals surface area (Å²) in [6, 6.07) is 52.5. The molecule has 176 valence electrons. The molecule has 0 heteroatoms. The summed E-state index contributed by atoms with van der Waals surface area (Å²) >= 11 is 0. The van der Waals surface area contributed by atoms with Crippen LogP contribution in [0.25, 0.3) is 75.4 Å². The molecular formula is C38H24. The molecule has 0 saturated carbocycles. The number of fused-ring (bicyclic) bond motifs is 7. The first-order chi connectivity index (χ1) is 18.9. The van der Waals surface area contributed by atoms with E-state index < -0.39 is 0 Å². The molecule has 0 unspecified atom stereocenters. The number of rotatable bonds is 0. The predicted molar refractivity (Wildman–Crippen MR) is 167 cm³/mol. The molecule has 0 radical (unpaired) electrons. The lowest BCUT2D eigenvalue weighted by molar-refractivity contribution is 1.77. The summed E-state index contributed by atoms with van der Waals surface area (Å²) in [6.45, 7) is 0. The number of benzene rings is 9. The van der Waals surface area contributed by atoms with Gasteiger partial charge in [-0.05, 0) is 75.4 Å². The minimum Gasteiger partial charge on any atom is -0.0616 e. The molecule has 38 heavy (non-hydrogen) atoms. The van der Waals surface area contributed by atoms with Gasteiger partial charge in [0.25, 0.3) is 0 Å². The molecule has 0 aliphatic heterocycles. The maximum atomic E-state index is 2.25. The Hall–Kier alpha value is -4.94. The van der Waals surface area contributed by atoms with Crippen LogP contribution in [0, 0.1) is 0 Å². The maximum Gasteiger partial charge on any atom is -0.00264 e. The summed E-state index contributed by atoms with van der Waals surface area (Å²) in [5.41, 5.74) is 0. The standard InChI is InChI=1S/C20H12.C18H12/c1-5-13-6-2-11-17-18-12-4-8-14-7-3-10-16(20(14)18)15(9-1)19(13)17;1-3-7-15-13(5-1)9-11-18-16-8-4-2-6-14(16)10-12-17(15)18/h1-12H;1-12H. The second-order valence-electron chi connectivity index (χ2n) is 10.1. The third kappa shape index (κ3) is 3.11. The fraction of sp³-hybridized carbons (Fsp3) is 0. The highest BCUT2D eigenvalue weighted by atomic mass is 14.1. The first-order valence-electron chi connectivity index (χ1n) is 13.2. The van der Waals surface area contributed by atoms with E-state index in [1.807, 2.05) is 0 Å². The van der Waals surface area contributed by atoms with E-state index >= 15 is 0 Å². The molecule has 0 saturated heterocycles. The lowest BCUT2D eigenvalue weighted by atomic mass is 9.90. The normalized spacial score (nSPS) is 11.7. The molecule has 9 aromatic carbocycles. The fourth-order valence-electron chi connectivity index (χ4n) is 6.35. The Bertz CT molecular complexity index is 2040. The first-order valence-corrected chi connectivity index (χ1v) is 13.2. The van der Waals surface area contributed by atoms with E-state index in [9.17, 15) is 0 Å². The molecule has 9 rings (SSSR count). The van der Waals surface area contributed by atoms with Crippen molar-refractivity contribution in [3.8, 4) is 0 Å². The van der Waals surface area contributed by atoms with Crippen LogP contribution in [0.4, 0.5) is 0 Å². The summed E-state index contributed by atoms with van der Waals surface area (Å²) < 4.78 is 0. The van der Waals surface area contributed by atoms with Gasteiger partial charge in [-0.1, -0.05) is 146 Å². The van der Waals surface area contributed by atoms with Crippen molar-refractivity contribution in [2.45, 2.75) is 0 Å². The Morgan fingerprint density at radius 3 is 0.895 bits per heavy atom. The fourth-order valence-corrected chi connectivity index (χ4v) is 6.35. The lowest BCUT2D eigenvalue weighted by Gasteiger charge is -2.13. The highest BCUT2D eigenvalue weighted by Gasteiger charge is 2.11. The average Bonchev–Trinajstić information content (AvgIpc) is 2.99. The van der Waals surface area contributed by atoms with E-state index in [-0.39, 0.29) is 0 Å². The zero-order chi connectivity index (χ0) is 25.1. The third-order valence-electron chi connectivity index (χ3n) is 8.04. The molecule has 0 aliphatic carbocycles. The van der Waals surface area contributed by atoms with Crippen LogP contribution in [-0.2, 0) is 0 Å². The summed E-state index contributed by atoms with van der Waals surface area (Å²) in [5, 5.41) is 18.8. The van der Waals surface area contributed by atoms with Crippen LogP contribution in [0.1, 0.15) is 0 Å². The molecule has 0 spiro atoms. The molecule has 0 atom stereocenters. The minimum absolute atomic E-state index is 1.31. The third-order valence-corrected chi connectivity index (χ3v) is 8.04. The summed E-state index contributed by atoms with van der Waals surface area (Å²) in [4.78, 5) is 0. The predicted octanol–water partition coefficient (Wildman–Crippen LogP) is 10.9. The highest BCUT2D eigenvalue weighted by molar-refractivity contribution is 6.32. The monoisotopic (exact) mass is 480 g/mol. The van der Waals surface area contributed by atoms with Gasteiger partial charge in [-0.3, -0.25) is 0 Å². The van der Waals surface area contributed by atoms with Gasteiger partial charge < -0.3 is 0 Å². The zero-order valence-corrected chi connectivity index (χ0v) is 20.9. The molecule has 0 N–H and O–H groups in total. The smallest absolute Gasteiger partial charge is 0.00264 e. The van der Waals surface area contributed by atoms with Crippen molar-refractivity contribution in [1.82, 2.24) is 0 Å². The van der Waals surface area contributed by atoms with E-state index in [2.05, 4.69) is 146 Å². The van der Waals surface area contributed by atoms with E-state index in [0.29, 0.717) is 0 Å². The Kier molecular flexibility index (Phi) is 4.62. The number of hydrogen-bond acceptors (Lipinski definition) is 0. The van der Waals surface area contributed by atoms with Crippen molar-refractivity contribution < 1.29 is 0 Å². The topological polar surface area (TPSA) is 0 Å². The molecule has 0 aromatic heterocycles. The van der Waals surface area contributed by atoms with E-state index in [0.717, 1.165) is 0 Å². The molecule has 0 bridgehead atoms. The Balaban J connectivity index is 0.000000119. The van der Waals surface area contributed by atoms with Crippen LogP contribution >= 0.6 is 0 Å². The van der Waals surface area contributed by atoms with Crippen LogP contribution in [0.15, 0.2) is 146 Å². The Labute approximate surface area is 220 Å². The molecule has 0 nitrogen and oxygen atoms in total. The van der Waals surface area contributed by atoms with Crippen molar-refractivity contribution in [2.24, 2.45) is 0 Å². The first kappa shape index (κ1) is 21.2. The second-order valence-corrected chi connectivity index (χ2v) is 10.1. The maximum absolute atomic E-state index is 2.25. The van der Waals surface area contributed by atoms with E-state index in [1.54, 1.807) is 0 Å². The van der Waals surface area contributed by atoms with Crippen molar-refractivity contribution in [1.29, 1.82) is 0 Å². The van der Waals surface area contributed by atoms with Crippen LogP contribution in [0.2, 0.25) is 0 Å². The lowest BCUT2D eigenvalue weighted by Crippen LogP contribution is -1.85. The van der Waals surface area contributed by atoms with Crippen molar-refractivity contribution in [2.75, 3.05) is 0 Å². The van der Waals surface area contributed by atoms with Gasteiger partial charge in [-0.25, -0.2) is 0 Å². The van der Waals surface area contributed by atoms with Gasteiger partial charge in [0.2, 0.25) is 0 Å². The summed E-state index contributed by atoms with van der Waals surface area (Å²) in [7, 11) is 0. The number of hydrogen-bond donors (Lipinski definition) is 0. The van der Waals surface area contributed by atoms with Crippen LogP contribution < -0.4 is 0 Å². The summed E-state index contributed by atoms with van der Waals surface area (Å²) in [5.74, 6) is 0. The van der Waals surface area contributed by atoms with Gasteiger partial charge in [-0.15, -0.1) is 0 Å². The van der Waals surface area contributed by atoms with Crippen molar-refractivity contribution >= 4 is 75.4 Å². The minimum atomic E-state index is 1.31. The van der Waals surface area contributed by atoms with Gasteiger partial charge in [0.15, 0.2) is 0 Å². The molecule has 0 fully saturated rings. The zero-order valence-electron chi connectivity index (χ0n) is 20.9. The van der Waals surface area contributed by atoms with Crippen LogP contribution in [0.5, 0.6) is 0 Å². The average molecular weight is 481 g/mol. The van der Waals surface area contributed by atoms with Crippen molar-refractivity contribution in [3.05, 3.63) is 146 Å². The van der Waals surface area contributed by atoms with Gasteiger partial charge in [0.05, 0.1) is 0 Å². The quantitative estimate of drug-likeness (QED) is 0.150. The van der Waals surface area contributed by atoms with E-state index in [1.165, 1.54) is 75.4 Å². The van der Waals surface area contributed by atoms with Crippen LogP contribution in [0.3, 0.4) is 0 Å². The van der Waals surface area contributed by atoms with E-state index in [4.69, 9.17) is 0 Å². The van der Waals surface area contributed by atoms with Gasteiger partial charge in [0.1, 0.15) is 0 Å². The van der Waals surface area contributed by atoms with Gasteiger partial charge in [0, 0.05) is 0 Å². The molecule has 9 aromatic rings. The highest BCUT2D eigenvalue weighted by Crippen LogP contribution is 2.39. The van der Waals surface area contributed by atoms with Crippen LogP contribution in [-0.4, -0.2) is 0 Å². The van der Waals surface area contributed by atoms with Gasteiger partial charge in [-0.2, -0.15) is 0 Å². The van der Waals surface area contributed by atoms with Crippen molar-refractivity contribution in [3.63, 3.8) is 0 Å². The molecule has 0 aliphatic rings. The second kappa shape index (κ2) is 8.30.